The van der Waals surface area contributed by atoms with Gasteiger partial charge in [0.1, 0.15) is 11.9 Å². The Morgan fingerprint density at radius 3 is 2.79 bits per heavy atom. The van der Waals surface area contributed by atoms with Crippen LogP contribution in [0.15, 0.2) is 35.5 Å². The minimum Gasteiger partial charge on any atom is -0.391 e. The Hall–Kier alpha value is -2.21. The number of nitrogens with zero attached hydrogens (tertiary/aromatic N) is 5. The summed E-state index contributed by atoms with van der Waals surface area (Å²) in [5.41, 5.74) is 2.31. The van der Waals surface area contributed by atoms with E-state index in [1.807, 2.05) is 18.2 Å². The molecular weight excluding hydrogens is 302 g/mol. The van der Waals surface area contributed by atoms with Gasteiger partial charge in [-0.05, 0) is 6.42 Å². The van der Waals surface area contributed by atoms with E-state index in [2.05, 4.69) is 43.9 Å². The quantitative estimate of drug-likeness (QED) is 0.866. The van der Waals surface area contributed by atoms with Crippen LogP contribution in [-0.2, 0) is 17.8 Å². The van der Waals surface area contributed by atoms with E-state index in [0.717, 1.165) is 62.7 Å². The molecule has 2 aromatic rings. The molecule has 0 unspecified atom stereocenters. The summed E-state index contributed by atoms with van der Waals surface area (Å²) in [6.07, 6.45) is 3.08. The Balaban J connectivity index is 1.43. The Bertz CT molecular complexity index is 724. The minimum absolute atomic E-state index is 0.206. The van der Waals surface area contributed by atoms with Crippen molar-refractivity contribution in [3.63, 3.8) is 0 Å². The molecule has 1 aromatic heterocycles. The molecule has 0 amide bonds. The van der Waals surface area contributed by atoms with Crippen molar-refractivity contribution in [2.75, 3.05) is 19.6 Å². The van der Waals surface area contributed by atoms with E-state index in [1.54, 1.807) is 0 Å². The van der Waals surface area contributed by atoms with Crippen LogP contribution < -0.4 is 0 Å². The highest BCUT2D eigenvalue weighted by atomic mass is 16.6. The third kappa shape index (κ3) is 3.06. The maximum Gasteiger partial charge on any atom is 0.164 e. The molecule has 0 N–H and O–H groups in total. The summed E-state index contributed by atoms with van der Waals surface area (Å²) in [5, 5.41) is 13.0. The lowest BCUT2D eigenvalue weighted by Gasteiger charge is -2.22. The largest absolute Gasteiger partial charge is 0.391 e. The third-order valence-corrected chi connectivity index (χ3v) is 4.81. The molecular formula is C18H23N5O. The first-order valence-electron chi connectivity index (χ1n) is 8.75. The lowest BCUT2D eigenvalue weighted by molar-refractivity contribution is 0.0530. The zero-order valence-corrected chi connectivity index (χ0v) is 14.1. The molecule has 0 aliphatic carbocycles. The summed E-state index contributed by atoms with van der Waals surface area (Å²) in [4.78, 5) is 8.02. The van der Waals surface area contributed by atoms with Gasteiger partial charge in [0.25, 0.3) is 0 Å². The molecule has 0 radical (unpaired) electrons. The maximum absolute atomic E-state index is 5.56. The molecule has 2 aliphatic rings. The molecule has 4 rings (SSSR count). The van der Waals surface area contributed by atoms with Crippen LogP contribution in [0.3, 0.4) is 0 Å². The van der Waals surface area contributed by atoms with E-state index in [9.17, 15) is 0 Å². The normalized spacial score (nSPS) is 21.0. The summed E-state index contributed by atoms with van der Waals surface area (Å²) >= 11 is 0. The highest BCUT2D eigenvalue weighted by Gasteiger charge is 2.25. The van der Waals surface area contributed by atoms with Crippen molar-refractivity contribution in [1.29, 1.82) is 0 Å². The van der Waals surface area contributed by atoms with Crippen molar-refractivity contribution >= 4 is 5.71 Å². The summed E-state index contributed by atoms with van der Waals surface area (Å²) in [7, 11) is 0. The highest BCUT2D eigenvalue weighted by Crippen LogP contribution is 2.21. The highest BCUT2D eigenvalue weighted by molar-refractivity contribution is 5.85. The molecule has 2 aliphatic heterocycles. The number of oxime groups is 1. The van der Waals surface area contributed by atoms with E-state index < -0.39 is 0 Å². The van der Waals surface area contributed by atoms with E-state index in [1.165, 1.54) is 5.71 Å². The number of hydrogen-bond donors (Lipinski definition) is 0. The fraction of sp³-hybridized carbons (Fsp3) is 0.500. The molecule has 3 heterocycles. The predicted octanol–water partition coefficient (Wildman–Crippen LogP) is 2.36. The van der Waals surface area contributed by atoms with Gasteiger partial charge in [0.05, 0.1) is 5.71 Å². The maximum atomic E-state index is 5.56. The molecule has 0 bridgehead atoms. The zero-order chi connectivity index (χ0) is 16.4. The topological polar surface area (TPSA) is 55.5 Å². The van der Waals surface area contributed by atoms with Crippen molar-refractivity contribution < 1.29 is 4.84 Å². The average molecular weight is 325 g/mol. The Kier molecular flexibility index (Phi) is 4.30. The summed E-state index contributed by atoms with van der Waals surface area (Å²) in [6.45, 7) is 5.97. The molecule has 24 heavy (non-hydrogen) atoms. The first-order valence-corrected chi connectivity index (χ1v) is 8.75. The van der Waals surface area contributed by atoms with Crippen molar-refractivity contribution in [3.8, 4) is 11.4 Å². The zero-order valence-electron chi connectivity index (χ0n) is 14.1. The lowest BCUT2D eigenvalue weighted by Crippen LogP contribution is -2.35. The Morgan fingerprint density at radius 2 is 2.00 bits per heavy atom. The van der Waals surface area contributed by atoms with E-state index >= 15 is 0 Å². The van der Waals surface area contributed by atoms with Crippen molar-refractivity contribution in [2.45, 2.75) is 38.8 Å². The van der Waals surface area contributed by atoms with E-state index in [0.29, 0.717) is 0 Å². The first kappa shape index (κ1) is 15.3. The summed E-state index contributed by atoms with van der Waals surface area (Å²) in [5.74, 6) is 2.05. The van der Waals surface area contributed by atoms with Crippen molar-refractivity contribution in [3.05, 3.63) is 36.2 Å². The van der Waals surface area contributed by atoms with Gasteiger partial charge >= 0.3 is 0 Å². The third-order valence-electron chi connectivity index (χ3n) is 4.81. The second-order valence-electron chi connectivity index (χ2n) is 6.45. The Morgan fingerprint density at radius 1 is 1.12 bits per heavy atom. The van der Waals surface area contributed by atoms with Crippen LogP contribution in [0.2, 0.25) is 0 Å². The second-order valence-corrected chi connectivity index (χ2v) is 6.45. The first-order chi connectivity index (χ1) is 11.8. The number of aromatic nitrogens is 3. The van der Waals surface area contributed by atoms with Crippen LogP contribution in [0.4, 0.5) is 0 Å². The molecule has 1 atom stereocenters. The van der Waals surface area contributed by atoms with Crippen molar-refractivity contribution in [2.24, 2.45) is 5.16 Å². The Labute approximate surface area is 142 Å². The number of hydrogen-bond acceptors (Lipinski definition) is 5. The van der Waals surface area contributed by atoms with Gasteiger partial charge in [0.2, 0.25) is 0 Å². The van der Waals surface area contributed by atoms with Crippen LogP contribution in [0.1, 0.15) is 25.6 Å². The monoisotopic (exact) mass is 325 g/mol. The average Bonchev–Trinajstić information content (AvgIpc) is 3.20. The summed E-state index contributed by atoms with van der Waals surface area (Å²) < 4.78 is 2.26. The fourth-order valence-electron chi connectivity index (χ4n) is 3.43. The molecule has 0 saturated heterocycles. The summed E-state index contributed by atoms with van der Waals surface area (Å²) in [6, 6.07) is 10.3. The van der Waals surface area contributed by atoms with Crippen LogP contribution in [0, 0.1) is 0 Å². The van der Waals surface area contributed by atoms with Gasteiger partial charge < -0.3 is 9.40 Å². The van der Waals surface area contributed by atoms with Gasteiger partial charge in [0.15, 0.2) is 5.82 Å². The number of rotatable bonds is 4. The van der Waals surface area contributed by atoms with Gasteiger partial charge in [-0.1, -0.05) is 42.4 Å². The molecule has 1 aromatic carbocycles. The van der Waals surface area contributed by atoms with Gasteiger partial charge in [-0.3, -0.25) is 4.90 Å². The number of benzene rings is 1. The van der Waals surface area contributed by atoms with Crippen molar-refractivity contribution in [1.82, 2.24) is 19.7 Å². The molecule has 0 spiro atoms. The van der Waals surface area contributed by atoms with E-state index in [-0.39, 0.29) is 6.10 Å². The van der Waals surface area contributed by atoms with E-state index in [4.69, 9.17) is 4.84 Å². The van der Waals surface area contributed by atoms with Gasteiger partial charge in [-0.15, -0.1) is 10.2 Å². The molecule has 0 saturated carbocycles. The molecule has 6 heteroatoms. The van der Waals surface area contributed by atoms with Gasteiger partial charge in [-0.2, -0.15) is 0 Å². The molecule has 0 fully saturated rings. The molecule has 6 nitrogen and oxygen atoms in total. The smallest absolute Gasteiger partial charge is 0.164 e. The molecule has 126 valence electrons. The standard InChI is InChI=1S/C18H23N5O/c1-2-15-12-16(24-21-15)13-22-9-8-17-19-20-18(23(17)11-10-22)14-6-4-3-5-7-14/h3-7,16H,2,8-13H2,1H3/t16-/m0/s1. The fourth-order valence-corrected chi connectivity index (χ4v) is 3.43. The van der Waals surface area contributed by atoms with Crippen LogP contribution in [0.25, 0.3) is 11.4 Å². The predicted molar refractivity (Wildman–Crippen MR) is 92.8 cm³/mol. The van der Waals surface area contributed by atoms with Crippen LogP contribution in [-0.4, -0.2) is 51.1 Å². The van der Waals surface area contributed by atoms with Crippen LogP contribution >= 0.6 is 0 Å². The minimum atomic E-state index is 0.206. The lowest BCUT2D eigenvalue weighted by atomic mass is 10.1. The second kappa shape index (κ2) is 6.73. The number of fused-ring (bicyclic) bond motifs is 1. The van der Waals surface area contributed by atoms with Gasteiger partial charge in [0, 0.05) is 44.6 Å². The SMILES string of the molecule is CCC1=NO[C@H](CN2CCc3nnc(-c4ccccc4)n3CC2)C1. The van der Waals surface area contributed by atoms with Crippen LogP contribution in [0.5, 0.6) is 0 Å². The van der Waals surface area contributed by atoms with Gasteiger partial charge in [-0.25, -0.2) is 0 Å².